The molecule has 0 aromatic heterocycles. The van der Waals surface area contributed by atoms with Gasteiger partial charge in [-0.15, -0.1) is 0 Å². The second-order valence-electron chi connectivity index (χ2n) is 4.58. The standard InChI is InChI=1S/C14H18NO/c1-2-8-13-12(6-1)7-5-10-15(13)14-9-3-4-11-16-14/h1-2,6,8,10,14H,3-5,7,9,11H2. The minimum atomic E-state index is 0.273. The molecule has 1 saturated heterocycles. The first-order valence-corrected chi connectivity index (χ1v) is 6.26. The summed E-state index contributed by atoms with van der Waals surface area (Å²) in [6.45, 7) is 3.22. The predicted molar refractivity (Wildman–Crippen MR) is 65.1 cm³/mol. The van der Waals surface area contributed by atoms with Gasteiger partial charge >= 0.3 is 0 Å². The third-order valence-corrected chi connectivity index (χ3v) is 3.48. The highest BCUT2D eigenvalue weighted by Gasteiger charge is 2.26. The normalized spacial score (nSPS) is 25.2. The van der Waals surface area contributed by atoms with Crippen LogP contribution in [-0.2, 0) is 11.2 Å². The number of hydrogen-bond donors (Lipinski definition) is 0. The van der Waals surface area contributed by atoms with Gasteiger partial charge in [0.2, 0.25) is 0 Å². The molecule has 2 aliphatic rings. The van der Waals surface area contributed by atoms with Crippen LogP contribution >= 0.6 is 0 Å². The van der Waals surface area contributed by atoms with Gasteiger partial charge in [0.1, 0.15) is 6.23 Å². The number of nitrogens with zero attached hydrogens (tertiary/aromatic N) is 1. The van der Waals surface area contributed by atoms with E-state index >= 15 is 0 Å². The monoisotopic (exact) mass is 216 g/mol. The summed E-state index contributed by atoms with van der Waals surface area (Å²) < 4.78 is 5.87. The molecule has 0 aliphatic carbocycles. The van der Waals surface area contributed by atoms with Gasteiger partial charge in [0.15, 0.2) is 0 Å². The molecule has 2 nitrogen and oxygen atoms in total. The van der Waals surface area contributed by atoms with Crippen LogP contribution in [0, 0.1) is 6.54 Å². The Balaban J connectivity index is 1.86. The van der Waals surface area contributed by atoms with Crippen LogP contribution in [0.1, 0.15) is 31.2 Å². The molecular weight excluding hydrogens is 198 g/mol. The summed E-state index contributed by atoms with van der Waals surface area (Å²) in [5, 5.41) is 0. The summed E-state index contributed by atoms with van der Waals surface area (Å²) in [4.78, 5) is 2.35. The molecule has 0 N–H and O–H groups in total. The van der Waals surface area contributed by atoms with Crippen molar-refractivity contribution in [1.29, 1.82) is 0 Å². The van der Waals surface area contributed by atoms with Crippen LogP contribution in [0.15, 0.2) is 24.3 Å². The Morgan fingerprint density at radius 1 is 1.19 bits per heavy atom. The van der Waals surface area contributed by atoms with Gasteiger partial charge in [0.25, 0.3) is 0 Å². The van der Waals surface area contributed by atoms with Crippen LogP contribution in [0.25, 0.3) is 0 Å². The topological polar surface area (TPSA) is 12.5 Å². The Bertz CT molecular complexity index is 358. The maximum atomic E-state index is 5.87. The number of fused-ring (bicyclic) bond motifs is 1. The fourth-order valence-corrected chi connectivity index (χ4v) is 2.65. The van der Waals surface area contributed by atoms with Gasteiger partial charge in [-0.1, -0.05) is 18.2 Å². The maximum Gasteiger partial charge on any atom is 0.130 e. The van der Waals surface area contributed by atoms with Crippen LogP contribution in [0.5, 0.6) is 0 Å². The fourth-order valence-electron chi connectivity index (χ4n) is 2.65. The lowest BCUT2D eigenvalue weighted by Crippen LogP contribution is -2.39. The number of aryl methyl sites for hydroxylation is 1. The van der Waals surface area contributed by atoms with Crippen molar-refractivity contribution in [3.63, 3.8) is 0 Å². The van der Waals surface area contributed by atoms with Crippen molar-refractivity contribution in [2.24, 2.45) is 0 Å². The Morgan fingerprint density at radius 3 is 3.00 bits per heavy atom. The zero-order valence-corrected chi connectivity index (χ0v) is 9.56. The molecular formula is C14H18NO. The SMILES string of the molecule is [CH]1CCc2ccccc2N1C1CCCCO1. The van der Waals surface area contributed by atoms with E-state index in [2.05, 4.69) is 35.7 Å². The second kappa shape index (κ2) is 4.46. The van der Waals surface area contributed by atoms with Crippen molar-refractivity contribution in [1.82, 2.24) is 0 Å². The minimum absolute atomic E-state index is 0.273. The number of rotatable bonds is 1. The van der Waals surface area contributed by atoms with E-state index in [9.17, 15) is 0 Å². The lowest BCUT2D eigenvalue weighted by Gasteiger charge is -2.39. The molecule has 0 saturated carbocycles. The third-order valence-electron chi connectivity index (χ3n) is 3.48. The van der Waals surface area contributed by atoms with Gasteiger partial charge in [-0.3, -0.25) is 0 Å². The fraction of sp³-hybridized carbons (Fsp3) is 0.500. The summed E-state index contributed by atoms with van der Waals surface area (Å²) in [6, 6.07) is 8.69. The summed E-state index contributed by atoms with van der Waals surface area (Å²) >= 11 is 0. The third kappa shape index (κ3) is 1.82. The number of para-hydroxylation sites is 1. The Morgan fingerprint density at radius 2 is 2.12 bits per heavy atom. The average molecular weight is 216 g/mol. The molecule has 1 fully saturated rings. The average Bonchev–Trinajstić information content (AvgIpc) is 2.39. The van der Waals surface area contributed by atoms with Gasteiger partial charge < -0.3 is 9.64 Å². The highest BCUT2D eigenvalue weighted by atomic mass is 16.5. The summed E-state index contributed by atoms with van der Waals surface area (Å²) in [7, 11) is 0. The molecule has 16 heavy (non-hydrogen) atoms. The zero-order valence-electron chi connectivity index (χ0n) is 9.56. The molecule has 2 aliphatic heterocycles. The first-order chi connectivity index (χ1) is 7.95. The van der Waals surface area contributed by atoms with E-state index in [0.717, 1.165) is 19.4 Å². The quantitative estimate of drug-likeness (QED) is 0.715. The van der Waals surface area contributed by atoms with E-state index in [-0.39, 0.29) is 6.23 Å². The van der Waals surface area contributed by atoms with E-state index < -0.39 is 0 Å². The van der Waals surface area contributed by atoms with E-state index in [4.69, 9.17) is 4.74 Å². The molecule has 3 rings (SSSR count). The van der Waals surface area contributed by atoms with E-state index in [1.165, 1.54) is 30.5 Å². The van der Waals surface area contributed by atoms with E-state index in [1.54, 1.807) is 0 Å². The molecule has 2 heteroatoms. The van der Waals surface area contributed by atoms with Crippen molar-refractivity contribution in [3.8, 4) is 0 Å². The van der Waals surface area contributed by atoms with Gasteiger partial charge in [-0.25, -0.2) is 0 Å². The Kier molecular flexibility index (Phi) is 2.83. The van der Waals surface area contributed by atoms with Gasteiger partial charge in [0.05, 0.1) is 6.54 Å². The highest BCUT2D eigenvalue weighted by Crippen LogP contribution is 2.33. The van der Waals surface area contributed by atoms with Crippen molar-refractivity contribution < 1.29 is 4.74 Å². The molecule has 1 atom stereocenters. The molecule has 85 valence electrons. The summed E-state index contributed by atoms with van der Waals surface area (Å²) in [5.41, 5.74) is 2.81. The number of hydrogen-bond acceptors (Lipinski definition) is 2. The zero-order chi connectivity index (χ0) is 10.8. The molecule has 1 unspecified atom stereocenters. The van der Waals surface area contributed by atoms with E-state index in [1.807, 2.05) is 0 Å². The Labute approximate surface area is 97.2 Å². The van der Waals surface area contributed by atoms with Gasteiger partial charge in [0, 0.05) is 12.3 Å². The molecule has 2 heterocycles. The molecule has 1 aromatic rings. The lowest BCUT2D eigenvalue weighted by molar-refractivity contribution is 0.0168. The van der Waals surface area contributed by atoms with Crippen LogP contribution in [0.4, 0.5) is 5.69 Å². The molecule has 0 amide bonds. The van der Waals surface area contributed by atoms with Gasteiger partial charge in [-0.05, 0) is 43.7 Å². The van der Waals surface area contributed by atoms with Crippen molar-refractivity contribution >= 4 is 5.69 Å². The lowest BCUT2D eigenvalue weighted by atomic mass is 10.0. The van der Waals surface area contributed by atoms with Crippen molar-refractivity contribution in [3.05, 3.63) is 36.4 Å². The Hall–Kier alpha value is -1.02. The predicted octanol–water partition coefficient (Wildman–Crippen LogP) is 3.13. The summed E-state index contributed by atoms with van der Waals surface area (Å²) in [6.07, 6.45) is 6.24. The number of ether oxygens (including phenoxy) is 1. The molecule has 1 radical (unpaired) electrons. The molecule has 0 spiro atoms. The van der Waals surface area contributed by atoms with Crippen LogP contribution in [0.2, 0.25) is 0 Å². The minimum Gasteiger partial charge on any atom is -0.358 e. The van der Waals surface area contributed by atoms with Crippen LogP contribution < -0.4 is 4.90 Å². The van der Waals surface area contributed by atoms with E-state index in [0.29, 0.717) is 0 Å². The smallest absolute Gasteiger partial charge is 0.130 e. The van der Waals surface area contributed by atoms with Crippen LogP contribution in [-0.4, -0.2) is 12.8 Å². The maximum absolute atomic E-state index is 5.87. The van der Waals surface area contributed by atoms with Crippen LogP contribution in [0.3, 0.4) is 0 Å². The number of benzene rings is 1. The highest BCUT2D eigenvalue weighted by molar-refractivity contribution is 5.57. The number of anilines is 1. The first-order valence-electron chi connectivity index (χ1n) is 6.26. The van der Waals surface area contributed by atoms with Gasteiger partial charge in [-0.2, -0.15) is 0 Å². The molecule has 1 aromatic carbocycles. The van der Waals surface area contributed by atoms with Crippen molar-refractivity contribution in [2.45, 2.75) is 38.3 Å². The summed E-state index contributed by atoms with van der Waals surface area (Å²) in [5.74, 6) is 0. The second-order valence-corrected chi connectivity index (χ2v) is 4.58. The largest absolute Gasteiger partial charge is 0.358 e. The molecule has 0 bridgehead atoms. The van der Waals surface area contributed by atoms with Crippen molar-refractivity contribution in [2.75, 3.05) is 11.5 Å². The first kappa shape index (κ1) is 10.2.